The maximum atomic E-state index is 11.8. The van der Waals surface area contributed by atoms with E-state index in [-0.39, 0.29) is 12.4 Å². The number of hydrogen-bond acceptors (Lipinski definition) is 5. The Kier molecular flexibility index (Phi) is 6.99. The summed E-state index contributed by atoms with van der Waals surface area (Å²) >= 11 is 5.75. The zero-order valence-corrected chi connectivity index (χ0v) is 14.7. The number of hydrogen-bond donors (Lipinski definition) is 2. The first kappa shape index (κ1) is 19.3. The van der Waals surface area contributed by atoms with Crippen LogP contribution in [0.25, 0.3) is 6.08 Å². The van der Waals surface area contributed by atoms with Gasteiger partial charge in [0.05, 0.1) is 13.5 Å². The van der Waals surface area contributed by atoms with Gasteiger partial charge in [-0.3, -0.25) is 25.2 Å². The molecule has 0 atom stereocenters. The minimum absolute atomic E-state index is 0.213. The second-order valence-electron chi connectivity index (χ2n) is 5.16. The number of furan rings is 1. The number of aryl methyl sites for hydroxylation is 1. The third-order valence-corrected chi connectivity index (χ3v) is 3.54. The first-order valence-electron chi connectivity index (χ1n) is 7.67. The van der Waals surface area contributed by atoms with Crippen molar-refractivity contribution in [1.82, 2.24) is 10.9 Å². The van der Waals surface area contributed by atoms with Gasteiger partial charge in [0.1, 0.15) is 11.5 Å². The summed E-state index contributed by atoms with van der Waals surface area (Å²) in [6.45, 7) is 0. The summed E-state index contributed by atoms with van der Waals surface area (Å²) in [7, 11) is 1.32. The fraction of sp³-hybridized carbons (Fsp3) is 0.167. The van der Waals surface area contributed by atoms with Gasteiger partial charge in [0.25, 0.3) is 11.8 Å². The van der Waals surface area contributed by atoms with Crippen molar-refractivity contribution in [3.05, 3.63) is 64.6 Å². The number of ether oxygens (including phenoxy) is 1. The van der Waals surface area contributed by atoms with Crippen LogP contribution in [0.5, 0.6) is 0 Å². The number of rotatable bonds is 6. The van der Waals surface area contributed by atoms with E-state index in [1.165, 1.54) is 19.3 Å². The maximum Gasteiger partial charge on any atom is 0.305 e. The number of amides is 2. The molecule has 1 aromatic carbocycles. The molecule has 2 rings (SSSR count). The fourth-order valence-corrected chi connectivity index (χ4v) is 2.06. The van der Waals surface area contributed by atoms with Crippen LogP contribution in [0, 0.1) is 0 Å². The monoisotopic (exact) mass is 376 g/mol. The van der Waals surface area contributed by atoms with Crippen LogP contribution in [-0.2, 0) is 20.7 Å². The summed E-state index contributed by atoms with van der Waals surface area (Å²) in [4.78, 5) is 34.7. The standard InChI is InChI=1S/C18H17ClN2O5/c1-25-17(23)11-9-15-7-6-14(26-15)8-10-16(22)20-21-18(24)12-2-4-13(19)5-3-12/h2-8,10H,9,11H2,1H3,(H,20,22)(H,21,24)/b10-8+. The highest BCUT2D eigenvalue weighted by Crippen LogP contribution is 2.12. The lowest BCUT2D eigenvalue weighted by Gasteiger charge is -2.05. The highest BCUT2D eigenvalue weighted by atomic mass is 35.5. The first-order valence-corrected chi connectivity index (χ1v) is 8.05. The van der Waals surface area contributed by atoms with E-state index in [0.717, 1.165) is 0 Å². The van der Waals surface area contributed by atoms with Gasteiger partial charge >= 0.3 is 5.97 Å². The number of carbonyl (C=O) groups is 3. The summed E-state index contributed by atoms with van der Waals surface area (Å²) in [5, 5.41) is 0.512. The van der Waals surface area contributed by atoms with Gasteiger partial charge in [-0.05, 0) is 42.5 Å². The molecular weight excluding hydrogens is 360 g/mol. The van der Waals surface area contributed by atoms with E-state index < -0.39 is 11.8 Å². The SMILES string of the molecule is COC(=O)CCc1ccc(/C=C/C(=O)NNC(=O)c2ccc(Cl)cc2)o1. The van der Waals surface area contributed by atoms with E-state index in [1.54, 1.807) is 36.4 Å². The lowest BCUT2D eigenvalue weighted by molar-refractivity contribution is -0.140. The summed E-state index contributed by atoms with van der Waals surface area (Å²) in [5.41, 5.74) is 4.90. The Balaban J connectivity index is 1.80. The van der Waals surface area contributed by atoms with Crippen LogP contribution in [0.3, 0.4) is 0 Å². The largest absolute Gasteiger partial charge is 0.469 e. The average Bonchev–Trinajstić information content (AvgIpc) is 3.11. The summed E-state index contributed by atoms with van der Waals surface area (Å²) in [6, 6.07) is 9.61. The van der Waals surface area contributed by atoms with Crippen LogP contribution >= 0.6 is 11.6 Å². The average molecular weight is 377 g/mol. The molecule has 0 fully saturated rings. The van der Waals surface area contributed by atoms with E-state index >= 15 is 0 Å². The van der Waals surface area contributed by atoms with Gasteiger partial charge in [0.2, 0.25) is 0 Å². The molecule has 0 aliphatic rings. The molecule has 0 unspecified atom stereocenters. The van der Waals surface area contributed by atoms with Gasteiger partial charge in [-0.25, -0.2) is 0 Å². The van der Waals surface area contributed by atoms with Gasteiger partial charge < -0.3 is 9.15 Å². The summed E-state index contributed by atoms with van der Waals surface area (Å²) in [5.74, 6) is -0.267. The minimum atomic E-state index is -0.528. The second kappa shape index (κ2) is 9.43. The van der Waals surface area contributed by atoms with E-state index in [2.05, 4.69) is 15.6 Å². The predicted molar refractivity (Wildman–Crippen MR) is 95.1 cm³/mol. The molecule has 0 spiro atoms. The zero-order valence-electron chi connectivity index (χ0n) is 14.0. The molecule has 0 aliphatic carbocycles. The van der Waals surface area contributed by atoms with Crippen molar-refractivity contribution < 1.29 is 23.5 Å². The van der Waals surface area contributed by atoms with E-state index in [1.807, 2.05) is 0 Å². The molecule has 0 saturated heterocycles. The molecule has 2 aromatic rings. The zero-order chi connectivity index (χ0) is 18.9. The summed E-state index contributed by atoms with van der Waals surface area (Å²) in [6.07, 6.45) is 3.28. The molecule has 2 N–H and O–H groups in total. The van der Waals surface area contributed by atoms with E-state index in [0.29, 0.717) is 28.5 Å². The molecule has 0 saturated carbocycles. The van der Waals surface area contributed by atoms with Crippen molar-refractivity contribution in [2.24, 2.45) is 0 Å². The highest BCUT2D eigenvalue weighted by molar-refractivity contribution is 6.30. The molecule has 1 heterocycles. The Morgan fingerprint density at radius 1 is 1.12 bits per heavy atom. The third-order valence-electron chi connectivity index (χ3n) is 3.29. The predicted octanol–water partition coefficient (Wildman–Crippen LogP) is 2.51. The van der Waals surface area contributed by atoms with Gasteiger partial charge in [-0.1, -0.05) is 11.6 Å². The molecule has 7 nitrogen and oxygen atoms in total. The van der Waals surface area contributed by atoms with Crippen molar-refractivity contribution in [3.63, 3.8) is 0 Å². The van der Waals surface area contributed by atoms with Crippen molar-refractivity contribution in [1.29, 1.82) is 0 Å². The number of nitrogens with one attached hydrogen (secondary N) is 2. The molecule has 8 heteroatoms. The molecule has 2 amide bonds. The Bertz CT molecular complexity index is 811. The van der Waals surface area contributed by atoms with Crippen molar-refractivity contribution in [2.45, 2.75) is 12.8 Å². The van der Waals surface area contributed by atoms with Crippen LogP contribution in [0.2, 0.25) is 5.02 Å². The molecule has 0 radical (unpaired) electrons. The van der Waals surface area contributed by atoms with Crippen molar-refractivity contribution >= 4 is 35.5 Å². The summed E-state index contributed by atoms with van der Waals surface area (Å²) < 4.78 is 10.0. The van der Waals surface area contributed by atoms with Crippen molar-refractivity contribution in [2.75, 3.05) is 7.11 Å². The van der Waals surface area contributed by atoms with Crippen molar-refractivity contribution in [3.8, 4) is 0 Å². The van der Waals surface area contributed by atoms with Gasteiger partial charge in [0, 0.05) is 23.1 Å². The topological polar surface area (TPSA) is 97.6 Å². The Morgan fingerprint density at radius 3 is 2.54 bits per heavy atom. The molecule has 136 valence electrons. The lowest BCUT2D eigenvalue weighted by Crippen LogP contribution is -2.40. The Morgan fingerprint density at radius 2 is 1.85 bits per heavy atom. The van der Waals surface area contributed by atoms with Crippen LogP contribution in [0.1, 0.15) is 28.3 Å². The van der Waals surface area contributed by atoms with E-state index in [4.69, 9.17) is 16.0 Å². The smallest absolute Gasteiger partial charge is 0.305 e. The van der Waals surface area contributed by atoms with E-state index in [9.17, 15) is 14.4 Å². The lowest BCUT2D eigenvalue weighted by atomic mass is 10.2. The molecular formula is C18H17ClN2O5. The van der Waals surface area contributed by atoms with Crippen LogP contribution < -0.4 is 10.9 Å². The maximum absolute atomic E-state index is 11.8. The molecule has 0 aliphatic heterocycles. The van der Waals surface area contributed by atoms with Gasteiger partial charge in [0.15, 0.2) is 0 Å². The Hall–Kier alpha value is -3.06. The Labute approximate surface area is 154 Å². The van der Waals surface area contributed by atoms with Crippen LogP contribution in [-0.4, -0.2) is 24.9 Å². The van der Waals surface area contributed by atoms with Gasteiger partial charge in [-0.2, -0.15) is 0 Å². The number of methoxy groups -OCH3 is 1. The minimum Gasteiger partial charge on any atom is -0.469 e. The van der Waals surface area contributed by atoms with Crippen LogP contribution in [0.15, 0.2) is 46.9 Å². The second-order valence-corrected chi connectivity index (χ2v) is 5.60. The molecule has 26 heavy (non-hydrogen) atoms. The van der Waals surface area contributed by atoms with Gasteiger partial charge in [-0.15, -0.1) is 0 Å². The molecule has 1 aromatic heterocycles. The quantitative estimate of drug-likeness (QED) is 0.458. The van der Waals surface area contributed by atoms with Crippen LogP contribution in [0.4, 0.5) is 0 Å². The number of esters is 1. The number of benzene rings is 1. The number of halogens is 1. The number of hydrazine groups is 1. The third kappa shape index (κ3) is 6.10. The highest BCUT2D eigenvalue weighted by Gasteiger charge is 2.07. The molecule has 0 bridgehead atoms. The first-order chi connectivity index (χ1) is 12.5. The fourth-order valence-electron chi connectivity index (χ4n) is 1.94. The number of carbonyl (C=O) groups excluding carboxylic acids is 3. The normalized spacial score (nSPS) is 10.5.